The second kappa shape index (κ2) is 10.8. The standard InChI is InChI=1S/C30H39N5O3/c1-4-20(5-2)33-26-15-24(17(3)12-25(26)29(31)37)30(38)34-21-13-22-9-10-23(14-21)35(22)27-11-8-19(16-32-27)28(36)18-6-7-18/h8,11-12,15-16,18,20-23,33H,4-7,9-10,13-14H2,1-3H3,(H2,31,37)(H,34,38)/t21?,22-,23+. The Labute approximate surface area is 224 Å². The summed E-state index contributed by atoms with van der Waals surface area (Å²) in [6.07, 6.45) is 9.36. The van der Waals surface area contributed by atoms with Crippen LogP contribution in [0.2, 0.25) is 0 Å². The number of fused-ring (bicyclic) bond motifs is 2. The van der Waals surface area contributed by atoms with Crippen LogP contribution in [0.5, 0.6) is 0 Å². The van der Waals surface area contributed by atoms with Crippen molar-refractivity contribution < 1.29 is 14.4 Å². The number of piperidine rings is 1. The zero-order chi connectivity index (χ0) is 27.0. The predicted octanol–water partition coefficient (Wildman–Crippen LogP) is 4.61. The Morgan fingerprint density at radius 1 is 1.03 bits per heavy atom. The van der Waals surface area contributed by atoms with Gasteiger partial charge >= 0.3 is 0 Å². The molecule has 3 aliphatic rings. The summed E-state index contributed by atoms with van der Waals surface area (Å²) in [6, 6.07) is 8.28. The summed E-state index contributed by atoms with van der Waals surface area (Å²) in [4.78, 5) is 44.9. The molecule has 1 aromatic carbocycles. The van der Waals surface area contributed by atoms with Crippen molar-refractivity contribution in [2.24, 2.45) is 11.7 Å². The summed E-state index contributed by atoms with van der Waals surface area (Å²) in [5.41, 5.74) is 8.69. The Balaban J connectivity index is 1.27. The van der Waals surface area contributed by atoms with Crippen LogP contribution in [-0.4, -0.2) is 46.7 Å². The van der Waals surface area contributed by atoms with Gasteiger partial charge in [0.1, 0.15) is 5.82 Å². The molecule has 3 fully saturated rings. The van der Waals surface area contributed by atoms with Gasteiger partial charge in [0.15, 0.2) is 5.78 Å². The number of aromatic nitrogens is 1. The predicted molar refractivity (Wildman–Crippen MR) is 149 cm³/mol. The second-order valence-corrected chi connectivity index (χ2v) is 11.2. The van der Waals surface area contributed by atoms with E-state index >= 15 is 0 Å². The van der Waals surface area contributed by atoms with E-state index in [-0.39, 0.29) is 29.7 Å². The first-order valence-electron chi connectivity index (χ1n) is 14.1. The molecule has 1 saturated carbocycles. The number of nitrogens with two attached hydrogens (primary N) is 1. The van der Waals surface area contributed by atoms with Crippen molar-refractivity contribution in [1.29, 1.82) is 0 Å². The largest absolute Gasteiger partial charge is 0.382 e. The van der Waals surface area contributed by atoms with Crippen LogP contribution in [0.3, 0.4) is 0 Å². The Kier molecular flexibility index (Phi) is 7.41. The number of amides is 2. The lowest BCUT2D eigenvalue weighted by molar-refractivity contribution is 0.0923. The van der Waals surface area contributed by atoms with E-state index in [2.05, 4.69) is 34.4 Å². The number of Topliss-reactive ketones (excluding diaryl/α,β-unsaturated/α-hetero) is 1. The third-order valence-electron chi connectivity index (χ3n) is 8.53. The normalized spacial score (nSPS) is 22.4. The van der Waals surface area contributed by atoms with Crippen molar-refractivity contribution in [3.05, 3.63) is 52.7 Å². The van der Waals surface area contributed by atoms with Gasteiger partial charge in [-0.1, -0.05) is 13.8 Å². The highest BCUT2D eigenvalue weighted by Gasteiger charge is 2.42. The molecule has 2 saturated heterocycles. The Morgan fingerprint density at radius 3 is 2.26 bits per heavy atom. The molecule has 202 valence electrons. The number of pyridine rings is 1. The van der Waals surface area contributed by atoms with Crippen LogP contribution in [0.1, 0.15) is 102 Å². The second-order valence-electron chi connectivity index (χ2n) is 11.2. The number of rotatable bonds is 10. The number of nitrogens with one attached hydrogen (secondary N) is 2. The first-order chi connectivity index (χ1) is 18.3. The molecule has 3 heterocycles. The third kappa shape index (κ3) is 5.26. The molecule has 2 bridgehead atoms. The molecule has 8 heteroatoms. The number of nitrogens with zero attached hydrogens (tertiary/aromatic N) is 2. The molecule has 0 spiro atoms. The third-order valence-corrected chi connectivity index (χ3v) is 8.53. The number of hydrogen-bond donors (Lipinski definition) is 3. The van der Waals surface area contributed by atoms with Gasteiger partial charge in [-0.25, -0.2) is 4.98 Å². The maximum Gasteiger partial charge on any atom is 0.251 e. The minimum Gasteiger partial charge on any atom is -0.382 e. The number of carbonyl (C=O) groups is 3. The lowest BCUT2D eigenvalue weighted by atomic mass is 9.95. The van der Waals surface area contributed by atoms with Crippen molar-refractivity contribution in [1.82, 2.24) is 10.3 Å². The molecular weight excluding hydrogens is 478 g/mol. The summed E-state index contributed by atoms with van der Waals surface area (Å²) in [7, 11) is 0. The first-order valence-corrected chi connectivity index (χ1v) is 14.1. The molecule has 8 nitrogen and oxygen atoms in total. The van der Waals surface area contributed by atoms with Gasteiger partial charge in [0, 0.05) is 53.1 Å². The number of aryl methyl sites for hydroxylation is 1. The highest BCUT2D eigenvalue weighted by atomic mass is 16.2. The average Bonchev–Trinajstić information content (AvgIpc) is 3.72. The molecule has 2 aromatic rings. The van der Waals surface area contributed by atoms with E-state index in [1.54, 1.807) is 18.3 Å². The molecule has 1 unspecified atom stereocenters. The minimum atomic E-state index is -0.504. The summed E-state index contributed by atoms with van der Waals surface area (Å²) in [5.74, 6) is 0.705. The fourth-order valence-electron chi connectivity index (χ4n) is 6.19. The number of carbonyl (C=O) groups excluding carboxylic acids is 3. The summed E-state index contributed by atoms with van der Waals surface area (Å²) in [5, 5.41) is 6.68. The van der Waals surface area contributed by atoms with Gasteiger partial charge < -0.3 is 21.3 Å². The molecule has 0 radical (unpaired) electrons. The van der Waals surface area contributed by atoms with Gasteiger partial charge in [0.05, 0.1) is 5.56 Å². The maximum absolute atomic E-state index is 13.4. The van der Waals surface area contributed by atoms with E-state index in [0.29, 0.717) is 34.5 Å². The Hall–Kier alpha value is -3.42. The molecular formula is C30H39N5O3. The Morgan fingerprint density at radius 2 is 1.71 bits per heavy atom. The molecule has 1 aliphatic carbocycles. The topological polar surface area (TPSA) is 117 Å². The van der Waals surface area contributed by atoms with Crippen LogP contribution in [0.15, 0.2) is 30.5 Å². The zero-order valence-corrected chi connectivity index (χ0v) is 22.6. The van der Waals surface area contributed by atoms with Gasteiger partial charge in [0.25, 0.3) is 11.8 Å². The van der Waals surface area contributed by atoms with Crippen molar-refractivity contribution in [2.45, 2.75) is 96.3 Å². The molecule has 5 rings (SSSR count). The summed E-state index contributed by atoms with van der Waals surface area (Å²) in [6.45, 7) is 6.02. The van der Waals surface area contributed by atoms with Crippen LogP contribution in [-0.2, 0) is 0 Å². The quantitative estimate of drug-likeness (QED) is 0.396. The highest BCUT2D eigenvalue weighted by Crippen LogP contribution is 2.39. The monoisotopic (exact) mass is 517 g/mol. The van der Waals surface area contributed by atoms with E-state index in [4.69, 9.17) is 5.73 Å². The molecule has 2 aliphatic heterocycles. The number of primary amides is 1. The number of anilines is 2. The van der Waals surface area contributed by atoms with Crippen molar-refractivity contribution in [3.63, 3.8) is 0 Å². The van der Waals surface area contributed by atoms with Gasteiger partial charge in [-0.3, -0.25) is 14.4 Å². The summed E-state index contributed by atoms with van der Waals surface area (Å²) < 4.78 is 0. The van der Waals surface area contributed by atoms with Gasteiger partial charge in [-0.2, -0.15) is 0 Å². The van der Waals surface area contributed by atoms with Gasteiger partial charge in [-0.05, 0) is 88.1 Å². The summed E-state index contributed by atoms with van der Waals surface area (Å²) >= 11 is 0. The van der Waals surface area contributed by atoms with Crippen LogP contribution >= 0.6 is 0 Å². The van der Waals surface area contributed by atoms with Gasteiger partial charge in [0.2, 0.25) is 0 Å². The van der Waals surface area contributed by atoms with Crippen LogP contribution in [0.4, 0.5) is 11.5 Å². The lowest BCUT2D eigenvalue weighted by Crippen LogP contribution is -2.50. The van der Waals surface area contributed by atoms with Crippen molar-refractivity contribution in [2.75, 3.05) is 10.2 Å². The number of hydrogen-bond acceptors (Lipinski definition) is 6. The Bertz CT molecular complexity index is 1210. The smallest absolute Gasteiger partial charge is 0.251 e. The lowest BCUT2D eigenvalue weighted by Gasteiger charge is -2.40. The highest BCUT2D eigenvalue weighted by molar-refractivity contribution is 6.03. The van der Waals surface area contributed by atoms with Crippen molar-refractivity contribution in [3.8, 4) is 0 Å². The fraction of sp³-hybridized carbons (Fsp3) is 0.533. The molecule has 2 amide bonds. The van der Waals surface area contributed by atoms with E-state index in [1.807, 2.05) is 19.1 Å². The van der Waals surface area contributed by atoms with Crippen LogP contribution in [0.25, 0.3) is 0 Å². The molecule has 1 aromatic heterocycles. The van der Waals surface area contributed by atoms with E-state index in [0.717, 1.165) is 62.7 Å². The first kappa shape index (κ1) is 26.2. The minimum absolute atomic E-state index is 0.0672. The number of benzene rings is 1. The zero-order valence-electron chi connectivity index (χ0n) is 22.6. The van der Waals surface area contributed by atoms with Crippen LogP contribution < -0.4 is 21.3 Å². The molecule has 38 heavy (non-hydrogen) atoms. The van der Waals surface area contributed by atoms with Crippen molar-refractivity contribution >= 4 is 29.1 Å². The molecule has 3 atom stereocenters. The van der Waals surface area contributed by atoms with E-state index in [9.17, 15) is 14.4 Å². The average molecular weight is 518 g/mol. The maximum atomic E-state index is 13.4. The number of ketones is 1. The van der Waals surface area contributed by atoms with E-state index in [1.165, 1.54) is 0 Å². The SMILES string of the molecule is CCC(CC)Nc1cc(C(=O)NC2C[C@H]3CC[C@@H](C2)N3c2ccc(C(=O)C3CC3)cn2)c(C)cc1C(N)=O. The fourth-order valence-corrected chi connectivity index (χ4v) is 6.19. The van der Waals surface area contributed by atoms with Gasteiger partial charge in [-0.15, -0.1) is 0 Å². The van der Waals surface area contributed by atoms with Crippen LogP contribution in [0, 0.1) is 12.8 Å². The molecule has 4 N–H and O–H groups in total. The van der Waals surface area contributed by atoms with E-state index < -0.39 is 5.91 Å².